The Morgan fingerprint density at radius 2 is 1.87 bits per heavy atom. The molecule has 0 spiro atoms. The maximum atomic E-state index is 13.0. The molecule has 30 heavy (non-hydrogen) atoms. The summed E-state index contributed by atoms with van der Waals surface area (Å²) >= 11 is 0. The van der Waals surface area contributed by atoms with E-state index in [1.165, 1.54) is 41.6 Å². The van der Waals surface area contributed by atoms with Gasteiger partial charge in [-0.15, -0.1) is 0 Å². The Balaban J connectivity index is 2.28. The van der Waals surface area contributed by atoms with Gasteiger partial charge >= 0.3 is 6.18 Å². The van der Waals surface area contributed by atoms with Crippen molar-refractivity contribution in [2.45, 2.75) is 18.0 Å². The molecule has 0 saturated heterocycles. The summed E-state index contributed by atoms with van der Waals surface area (Å²) in [4.78, 5) is 21.5. The van der Waals surface area contributed by atoms with Gasteiger partial charge in [0.25, 0.3) is 5.91 Å². The van der Waals surface area contributed by atoms with Crippen molar-refractivity contribution in [1.29, 1.82) is 0 Å². The number of benzene rings is 1. The van der Waals surface area contributed by atoms with E-state index in [4.69, 9.17) is 0 Å². The van der Waals surface area contributed by atoms with Gasteiger partial charge in [0.15, 0.2) is 15.5 Å². The molecule has 7 nitrogen and oxygen atoms in total. The van der Waals surface area contributed by atoms with Gasteiger partial charge in [-0.3, -0.25) is 4.79 Å². The van der Waals surface area contributed by atoms with E-state index in [9.17, 15) is 26.4 Å². The molecule has 3 rings (SSSR count). The van der Waals surface area contributed by atoms with E-state index in [0.29, 0.717) is 6.20 Å². The van der Waals surface area contributed by atoms with Crippen molar-refractivity contribution < 1.29 is 26.4 Å². The van der Waals surface area contributed by atoms with Crippen LogP contribution in [0.5, 0.6) is 0 Å². The highest BCUT2D eigenvalue weighted by Gasteiger charge is 2.32. The number of aryl methyl sites for hydroxylation is 1. The number of hydrogen-bond donors (Lipinski definition) is 0. The van der Waals surface area contributed by atoms with Crippen LogP contribution in [0.25, 0.3) is 22.6 Å². The van der Waals surface area contributed by atoms with Crippen molar-refractivity contribution in [3.63, 3.8) is 0 Å². The molecule has 2 aromatic heterocycles. The Hall–Kier alpha value is -2.95. The number of rotatable bonds is 4. The van der Waals surface area contributed by atoms with Crippen LogP contribution in [0.1, 0.15) is 22.8 Å². The lowest BCUT2D eigenvalue weighted by atomic mass is 10.1. The molecule has 1 aromatic carbocycles. The molecule has 0 atom stereocenters. The zero-order chi connectivity index (χ0) is 22.4. The summed E-state index contributed by atoms with van der Waals surface area (Å²) in [5, 5.41) is 0. The maximum Gasteiger partial charge on any atom is 0.417 e. The average Bonchev–Trinajstić information content (AvgIpc) is 3.02. The molecule has 0 fully saturated rings. The monoisotopic (exact) mass is 440 g/mol. The number of halogens is 3. The number of imidazole rings is 1. The van der Waals surface area contributed by atoms with Crippen molar-refractivity contribution in [3.8, 4) is 11.4 Å². The smallest absolute Gasteiger partial charge is 0.345 e. The van der Waals surface area contributed by atoms with Crippen molar-refractivity contribution in [2.24, 2.45) is 7.05 Å². The van der Waals surface area contributed by atoms with Gasteiger partial charge in [-0.25, -0.2) is 18.4 Å². The molecule has 0 N–H and O–H groups in total. The van der Waals surface area contributed by atoms with E-state index in [0.717, 1.165) is 6.07 Å². The predicted octanol–water partition coefficient (Wildman–Crippen LogP) is 3.15. The number of aromatic nitrogens is 3. The minimum atomic E-state index is -4.58. The fourth-order valence-electron chi connectivity index (χ4n) is 2.98. The van der Waals surface area contributed by atoms with Crippen LogP contribution in [0.4, 0.5) is 13.2 Å². The SMILES string of the molecule is CCS(=O)(=O)c1cc(C(=O)N(C)C)ccc1-c1nc2cc(C(F)(F)F)cnc2n1C. The van der Waals surface area contributed by atoms with Crippen LogP contribution >= 0.6 is 0 Å². The molecular weight excluding hydrogens is 421 g/mol. The Morgan fingerprint density at radius 1 is 1.20 bits per heavy atom. The molecule has 0 aliphatic heterocycles. The first-order chi connectivity index (χ1) is 13.9. The number of sulfone groups is 1. The minimum Gasteiger partial charge on any atom is -0.345 e. The number of alkyl halides is 3. The quantitative estimate of drug-likeness (QED) is 0.622. The van der Waals surface area contributed by atoms with Crippen LogP contribution < -0.4 is 0 Å². The van der Waals surface area contributed by atoms with Crippen LogP contribution in [0.3, 0.4) is 0 Å². The molecule has 0 bridgehead atoms. The zero-order valence-electron chi connectivity index (χ0n) is 16.6. The van der Waals surface area contributed by atoms with E-state index in [2.05, 4.69) is 9.97 Å². The summed E-state index contributed by atoms with van der Waals surface area (Å²) in [6.07, 6.45) is -3.87. The highest BCUT2D eigenvalue weighted by Crippen LogP contribution is 2.33. The Morgan fingerprint density at radius 3 is 2.43 bits per heavy atom. The molecule has 0 radical (unpaired) electrons. The van der Waals surface area contributed by atoms with E-state index in [1.54, 1.807) is 14.1 Å². The first kappa shape index (κ1) is 21.8. The standard InChI is InChI=1S/C19H19F3N4O3S/c1-5-30(28,29)15-8-11(18(27)25(2)3)6-7-13(15)16-24-14-9-12(19(20,21)22)10-23-17(14)26(16)4/h6-10H,5H2,1-4H3. The Bertz CT molecular complexity index is 1250. The molecule has 0 aliphatic rings. The molecule has 0 aliphatic carbocycles. The summed E-state index contributed by atoms with van der Waals surface area (Å²) in [6, 6.07) is 5.03. The minimum absolute atomic E-state index is 0.0179. The fourth-order valence-corrected chi connectivity index (χ4v) is 4.09. The van der Waals surface area contributed by atoms with Crippen molar-refractivity contribution >= 4 is 26.9 Å². The third kappa shape index (κ3) is 3.76. The molecule has 0 unspecified atom stereocenters. The normalized spacial score (nSPS) is 12.4. The Kier molecular flexibility index (Phi) is 5.35. The first-order valence-electron chi connectivity index (χ1n) is 8.85. The third-order valence-corrected chi connectivity index (χ3v) is 6.40. The lowest BCUT2D eigenvalue weighted by molar-refractivity contribution is -0.137. The summed E-state index contributed by atoms with van der Waals surface area (Å²) in [5.74, 6) is -0.469. The lowest BCUT2D eigenvalue weighted by Gasteiger charge is -2.14. The maximum absolute atomic E-state index is 13.0. The van der Waals surface area contributed by atoms with Gasteiger partial charge in [0, 0.05) is 38.5 Å². The van der Waals surface area contributed by atoms with E-state index in [-0.39, 0.29) is 44.7 Å². The van der Waals surface area contributed by atoms with Gasteiger partial charge in [-0.2, -0.15) is 13.2 Å². The van der Waals surface area contributed by atoms with Gasteiger partial charge in [-0.05, 0) is 24.3 Å². The molecule has 2 heterocycles. The van der Waals surface area contributed by atoms with Crippen LogP contribution in [-0.2, 0) is 23.1 Å². The summed E-state index contributed by atoms with van der Waals surface area (Å²) < 4.78 is 65.9. The van der Waals surface area contributed by atoms with Gasteiger partial charge in [0.1, 0.15) is 11.3 Å². The van der Waals surface area contributed by atoms with Crippen LogP contribution in [0, 0.1) is 0 Å². The second-order valence-electron chi connectivity index (χ2n) is 6.87. The zero-order valence-corrected chi connectivity index (χ0v) is 17.5. The topological polar surface area (TPSA) is 85.2 Å². The highest BCUT2D eigenvalue weighted by atomic mass is 32.2. The van der Waals surface area contributed by atoms with E-state index in [1.807, 2.05) is 0 Å². The number of hydrogen-bond acceptors (Lipinski definition) is 5. The number of carbonyl (C=O) groups excluding carboxylic acids is 1. The fraction of sp³-hybridized carbons (Fsp3) is 0.316. The number of carbonyl (C=O) groups is 1. The van der Waals surface area contributed by atoms with E-state index < -0.39 is 21.6 Å². The number of amides is 1. The molecule has 11 heteroatoms. The molecule has 1 amide bonds. The molecular formula is C19H19F3N4O3S. The number of pyridine rings is 1. The highest BCUT2D eigenvalue weighted by molar-refractivity contribution is 7.91. The van der Waals surface area contributed by atoms with Gasteiger partial charge in [0.05, 0.1) is 16.2 Å². The summed E-state index contributed by atoms with van der Waals surface area (Å²) in [5.41, 5.74) is -0.442. The molecule has 160 valence electrons. The van der Waals surface area contributed by atoms with Crippen molar-refractivity contribution in [1.82, 2.24) is 19.4 Å². The lowest BCUT2D eigenvalue weighted by Crippen LogP contribution is -2.22. The van der Waals surface area contributed by atoms with Crippen molar-refractivity contribution in [2.75, 3.05) is 19.8 Å². The second kappa shape index (κ2) is 7.38. The summed E-state index contributed by atoms with van der Waals surface area (Å²) in [7, 11) is 0.848. The first-order valence-corrected chi connectivity index (χ1v) is 10.5. The largest absolute Gasteiger partial charge is 0.417 e. The van der Waals surface area contributed by atoms with Crippen LogP contribution in [0.15, 0.2) is 35.4 Å². The number of nitrogens with zero attached hydrogens (tertiary/aromatic N) is 4. The summed E-state index contributed by atoms with van der Waals surface area (Å²) in [6.45, 7) is 1.46. The van der Waals surface area contributed by atoms with Gasteiger partial charge < -0.3 is 9.47 Å². The van der Waals surface area contributed by atoms with Gasteiger partial charge in [-0.1, -0.05) is 6.92 Å². The second-order valence-corrected chi connectivity index (χ2v) is 9.12. The van der Waals surface area contributed by atoms with Crippen LogP contribution in [-0.4, -0.2) is 53.6 Å². The van der Waals surface area contributed by atoms with E-state index >= 15 is 0 Å². The number of fused-ring (bicyclic) bond motifs is 1. The Labute approximate surface area is 171 Å². The van der Waals surface area contributed by atoms with Gasteiger partial charge in [0.2, 0.25) is 0 Å². The molecule has 3 aromatic rings. The van der Waals surface area contributed by atoms with Crippen LogP contribution in [0.2, 0.25) is 0 Å². The third-order valence-electron chi connectivity index (χ3n) is 4.63. The average molecular weight is 440 g/mol. The predicted molar refractivity (Wildman–Crippen MR) is 105 cm³/mol. The molecule has 0 saturated carbocycles. The van der Waals surface area contributed by atoms with Crippen molar-refractivity contribution in [3.05, 3.63) is 41.6 Å².